The lowest BCUT2D eigenvalue weighted by Crippen LogP contribution is -2.56. The van der Waals surface area contributed by atoms with Crippen molar-refractivity contribution in [2.45, 2.75) is 59.0 Å². The summed E-state index contributed by atoms with van der Waals surface area (Å²) in [5.74, 6) is -2.29. The maximum Gasteiger partial charge on any atom is 0.311 e. The third kappa shape index (κ3) is 4.43. The average molecular weight is 364 g/mol. The normalized spacial score (nSPS) is 29.3. The highest BCUT2D eigenvalue weighted by molar-refractivity contribution is 5.74. The Kier molecular flexibility index (Phi) is 6.42. The molecule has 1 saturated heterocycles. The predicted octanol–water partition coefficient (Wildman–Crippen LogP) is 3.20. The summed E-state index contributed by atoms with van der Waals surface area (Å²) in [7, 11) is 0. The van der Waals surface area contributed by atoms with Crippen molar-refractivity contribution >= 4 is 11.9 Å². The first-order valence-corrected chi connectivity index (χ1v) is 8.90. The minimum absolute atomic E-state index is 0.161. The van der Waals surface area contributed by atoms with Crippen LogP contribution in [0.25, 0.3) is 0 Å². The SMILES string of the molecule is C[C@H]1[C@H](OCc2ccccc2)[C@H](C)[C@@H](C(C)(C)C(=O)O)O[C@@H]1CC(=O)O. The highest BCUT2D eigenvalue weighted by atomic mass is 16.5. The van der Waals surface area contributed by atoms with Gasteiger partial charge < -0.3 is 19.7 Å². The van der Waals surface area contributed by atoms with Gasteiger partial charge in [-0.15, -0.1) is 0 Å². The molecule has 0 unspecified atom stereocenters. The Hall–Kier alpha value is -1.92. The fraction of sp³-hybridized carbons (Fsp3) is 0.600. The zero-order valence-electron chi connectivity index (χ0n) is 15.7. The summed E-state index contributed by atoms with van der Waals surface area (Å²) in [5.41, 5.74) is -0.132. The molecule has 1 fully saturated rings. The highest BCUT2D eigenvalue weighted by Crippen LogP contribution is 2.41. The van der Waals surface area contributed by atoms with Crippen LogP contribution in [0.4, 0.5) is 0 Å². The van der Waals surface area contributed by atoms with Gasteiger partial charge in [0.25, 0.3) is 0 Å². The van der Waals surface area contributed by atoms with Gasteiger partial charge in [-0.05, 0) is 19.4 Å². The number of aliphatic carboxylic acids is 2. The monoisotopic (exact) mass is 364 g/mol. The molecule has 1 aromatic rings. The quantitative estimate of drug-likeness (QED) is 0.772. The summed E-state index contributed by atoms with van der Waals surface area (Å²) in [4.78, 5) is 23.0. The number of hydrogen-bond donors (Lipinski definition) is 2. The summed E-state index contributed by atoms with van der Waals surface area (Å²) in [6.45, 7) is 7.43. The Balaban J connectivity index is 2.24. The lowest BCUT2D eigenvalue weighted by Gasteiger charge is -2.48. The molecule has 0 aromatic heterocycles. The molecular formula is C20H28O6. The summed E-state index contributed by atoms with van der Waals surface area (Å²) < 4.78 is 12.1. The van der Waals surface area contributed by atoms with Gasteiger partial charge in [0.1, 0.15) is 0 Å². The van der Waals surface area contributed by atoms with E-state index in [-0.39, 0.29) is 24.4 Å². The molecule has 6 nitrogen and oxygen atoms in total. The van der Waals surface area contributed by atoms with E-state index >= 15 is 0 Å². The van der Waals surface area contributed by atoms with E-state index in [4.69, 9.17) is 9.47 Å². The lowest BCUT2D eigenvalue weighted by molar-refractivity contribution is -0.220. The zero-order chi connectivity index (χ0) is 19.5. The number of carboxylic acid groups (broad SMARTS) is 2. The summed E-state index contributed by atoms with van der Waals surface area (Å²) >= 11 is 0. The Bertz CT molecular complexity index is 626. The van der Waals surface area contributed by atoms with Gasteiger partial charge in [0.15, 0.2) is 0 Å². The van der Waals surface area contributed by atoms with Crippen molar-refractivity contribution in [3.05, 3.63) is 35.9 Å². The van der Waals surface area contributed by atoms with E-state index < -0.39 is 29.6 Å². The fourth-order valence-corrected chi connectivity index (χ4v) is 3.72. The lowest BCUT2D eigenvalue weighted by atomic mass is 9.72. The van der Waals surface area contributed by atoms with Crippen LogP contribution in [0.15, 0.2) is 30.3 Å². The van der Waals surface area contributed by atoms with Crippen molar-refractivity contribution < 1.29 is 29.3 Å². The Morgan fingerprint density at radius 3 is 2.27 bits per heavy atom. The van der Waals surface area contributed by atoms with Gasteiger partial charge >= 0.3 is 11.9 Å². The van der Waals surface area contributed by atoms with Crippen LogP contribution in [0.5, 0.6) is 0 Å². The first kappa shape index (κ1) is 20.4. The van der Waals surface area contributed by atoms with E-state index in [1.165, 1.54) is 0 Å². The first-order chi connectivity index (χ1) is 12.1. The van der Waals surface area contributed by atoms with E-state index in [0.717, 1.165) is 5.56 Å². The molecule has 0 aliphatic carbocycles. The molecule has 0 saturated carbocycles. The van der Waals surface area contributed by atoms with Crippen molar-refractivity contribution in [2.75, 3.05) is 0 Å². The van der Waals surface area contributed by atoms with Gasteiger partial charge in [0, 0.05) is 11.8 Å². The second-order valence-electron chi connectivity index (χ2n) is 7.70. The van der Waals surface area contributed by atoms with Crippen LogP contribution < -0.4 is 0 Å². The van der Waals surface area contributed by atoms with E-state index in [1.54, 1.807) is 13.8 Å². The fourth-order valence-electron chi connectivity index (χ4n) is 3.72. The maximum absolute atomic E-state index is 11.7. The Morgan fingerprint density at radius 2 is 1.73 bits per heavy atom. The molecule has 0 amide bonds. The van der Waals surface area contributed by atoms with Gasteiger partial charge in [-0.25, -0.2) is 0 Å². The topological polar surface area (TPSA) is 93.1 Å². The van der Waals surface area contributed by atoms with E-state index in [1.807, 2.05) is 44.2 Å². The van der Waals surface area contributed by atoms with Gasteiger partial charge in [0.05, 0.1) is 36.8 Å². The second kappa shape index (κ2) is 8.18. The molecule has 0 bridgehead atoms. The van der Waals surface area contributed by atoms with E-state index in [0.29, 0.717) is 6.61 Å². The van der Waals surface area contributed by atoms with Crippen molar-refractivity contribution in [2.24, 2.45) is 17.3 Å². The molecular weight excluding hydrogens is 336 g/mol. The molecule has 1 aromatic carbocycles. The van der Waals surface area contributed by atoms with Gasteiger partial charge in [-0.1, -0.05) is 44.2 Å². The van der Waals surface area contributed by atoms with Crippen LogP contribution in [0, 0.1) is 17.3 Å². The largest absolute Gasteiger partial charge is 0.481 e. The molecule has 5 atom stereocenters. The van der Waals surface area contributed by atoms with Gasteiger partial charge in [-0.2, -0.15) is 0 Å². The maximum atomic E-state index is 11.7. The molecule has 0 radical (unpaired) electrons. The number of carboxylic acids is 2. The molecule has 1 aliphatic rings. The van der Waals surface area contributed by atoms with Crippen LogP contribution in [-0.2, 0) is 25.7 Å². The van der Waals surface area contributed by atoms with Crippen molar-refractivity contribution in [1.82, 2.24) is 0 Å². The molecule has 2 N–H and O–H groups in total. The summed E-state index contributed by atoms with van der Waals surface area (Å²) in [6.07, 6.45) is -1.70. The minimum Gasteiger partial charge on any atom is -0.481 e. The number of rotatable bonds is 7. The average Bonchev–Trinajstić information content (AvgIpc) is 2.57. The molecule has 6 heteroatoms. The Morgan fingerprint density at radius 1 is 1.12 bits per heavy atom. The van der Waals surface area contributed by atoms with Crippen molar-refractivity contribution in [3.63, 3.8) is 0 Å². The standard InChI is InChI=1S/C20H28O6/c1-12-15(10-16(21)22)26-18(20(3,4)19(23)24)13(2)17(12)25-11-14-8-6-5-7-9-14/h5-9,12-13,15,17-18H,10-11H2,1-4H3,(H,21,22)(H,23,24)/t12-,13+,15-,17+,18+/m1/s1. The number of hydrogen-bond acceptors (Lipinski definition) is 4. The van der Waals surface area contributed by atoms with Crippen molar-refractivity contribution in [1.29, 1.82) is 0 Å². The smallest absolute Gasteiger partial charge is 0.311 e. The number of ether oxygens (including phenoxy) is 2. The van der Waals surface area contributed by atoms with E-state index in [2.05, 4.69) is 0 Å². The number of carbonyl (C=O) groups is 2. The van der Waals surface area contributed by atoms with Crippen LogP contribution in [-0.4, -0.2) is 40.5 Å². The summed E-state index contributed by atoms with van der Waals surface area (Å²) in [5, 5.41) is 18.8. The highest BCUT2D eigenvalue weighted by Gasteiger charge is 2.51. The molecule has 26 heavy (non-hydrogen) atoms. The van der Waals surface area contributed by atoms with Crippen LogP contribution >= 0.6 is 0 Å². The zero-order valence-corrected chi connectivity index (χ0v) is 15.7. The third-order valence-electron chi connectivity index (χ3n) is 5.35. The second-order valence-corrected chi connectivity index (χ2v) is 7.70. The molecule has 144 valence electrons. The summed E-state index contributed by atoms with van der Waals surface area (Å²) in [6, 6.07) is 9.71. The van der Waals surface area contributed by atoms with Crippen LogP contribution in [0.1, 0.15) is 39.7 Å². The predicted molar refractivity (Wildman–Crippen MR) is 95.7 cm³/mol. The van der Waals surface area contributed by atoms with Crippen LogP contribution in [0.2, 0.25) is 0 Å². The number of benzene rings is 1. The van der Waals surface area contributed by atoms with Crippen molar-refractivity contribution in [3.8, 4) is 0 Å². The third-order valence-corrected chi connectivity index (χ3v) is 5.35. The minimum atomic E-state index is -1.15. The first-order valence-electron chi connectivity index (χ1n) is 8.90. The van der Waals surface area contributed by atoms with Gasteiger partial charge in [0.2, 0.25) is 0 Å². The molecule has 1 heterocycles. The van der Waals surface area contributed by atoms with Gasteiger partial charge in [-0.3, -0.25) is 9.59 Å². The van der Waals surface area contributed by atoms with E-state index in [9.17, 15) is 19.8 Å². The molecule has 1 aliphatic heterocycles. The molecule has 0 spiro atoms. The molecule has 2 rings (SSSR count). The Labute approximate surface area is 154 Å². The van der Waals surface area contributed by atoms with Crippen LogP contribution in [0.3, 0.4) is 0 Å².